The molecule has 1 saturated heterocycles. The number of hydrogen-bond donors (Lipinski definition) is 2. The van der Waals surface area contributed by atoms with Crippen molar-refractivity contribution < 1.29 is 0 Å². The largest absolute Gasteiger partial charge is 0.357 e. The highest BCUT2D eigenvalue weighted by Crippen LogP contribution is 2.35. The Morgan fingerprint density at radius 2 is 1.89 bits per heavy atom. The molecule has 0 amide bonds. The lowest BCUT2D eigenvalue weighted by Crippen LogP contribution is -2.52. The van der Waals surface area contributed by atoms with E-state index in [0.29, 0.717) is 12.1 Å². The first-order valence-corrected chi connectivity index (χ1v) is 10.8. The van der Waals surface area contributed by atoms with Gasteiger partial charge >= 0.3 is 0 Å². The summed E-state index contributed by atoms with van der Waals surface area (Å²) in [4.78, 5) is 10.1. The van der Waals surface area contributed by atoms with Crippen LogP contribution in [0.15, 0.2) is 4.99 Å². The van der Waals surface area contributed by atoms with Crippen molar-refractivity contribution in [2.24, 2.45) is 10.9 Å². The molecule has 1 heterocycles. The van der Waals surface area contributed by atoms with E-state index in [2.05, 4.69) is 62.2 Å². The van der Waals surface area contributed by atoms with Gasteiger partial charge in [0.05, 0.1) is 6.54 Å². The van der Waals surface area contributed by atoms with Crippen molar-refractivity contribution in [3.05, 3.63) is 0 Å². The van der Waals surface area contributed by atoms with Crippen LogP contribution in [-0.2, 0) is 0 Å². The van der Waals surface area contributed by atoms with Crippen LogP contribution in [0, 0.1) is 5.92 Å². The van der Waals surface area contributed by atoms with Gasteiger partial charge in [-0.2, -0.15) is 0 Å². The van der Waals surface area contributed by atoms with Gasteiger partial charge in [0.2, 0.25) is 0 Å². The van der Waals surface area contributed by atoms with Crippen LogP contribution >= 0.6 is 24.0 Å². The fraction of sp³-hybridized carbons (Fsp3) is 0.952. The highest BCUT2D eigenvalue weighted by atomic mass is 127. The molecule has 1 aliphatic carbocycles. The van der Waals surface area contributed by atoms with Gasteiger partial charge in [0.25, 0.3) is 0 Å². The standard InChI is InChI=1S/C21H43N5.HI/c1-7-22-20(24-19-10-13-26(14-11-19)17(2)3)23-16-21(25(5)6)12-8-9-18(4)15-21;/h17-19H,7-16H2,1-6H3,(H2,22,23,24);1H. The molecule has 2 N–H and O–H groups in total. The molecule has 160 valence electrons. The third-order valence-corrected chi connectivity index (χ3v) is 6.49. The second kappa shape index (κ2) is 11.8. The minimum atomic E-state index is 0. The molecule has 2 fully saturated rings. The van der Waals surface area contributed by atoms with Gasteiger partial charge in [0.15, 0.2) is 5.96 Å². The molecule has 5 nitrogen and oxygen atoms in total. The van der Waals surface area contributed by atoms with Crippen molar-refractivity contribution in [2.75, 3.05) is 40.3 Å². The lowest BCUT2D eigenvalue weighted by molar-refractivity contribution is 0.0844. The number of nitrogens with zero attached hydrogens (tertiary/aromatic N) is 3. The molecule has 0 spiro atoms. The van der Waals surface area contributed by atoms with E-state index in [-0.39, 0.29) is 29.5 Å². The summed E-state index contributed by atoms with van der Waals surface area (Å²) >= 11 is 0. The molecule has 2 rings (SSSR count). The van der Waals surface area contributed by atoms with Crippen LogP contribution in [0.3, 0.4) is 0 Å². The van der Waals surface area contributed by atoms with Crippen LogP contribution in [0.25, 0.3) is 0 Å². The lowest BCUT2D eigenvalue weighted by atomic mass is 9.75. The van der Waals surface area contributed by atoms with E-state index in [4.69, 9.17) is 4.99 Å². The Morgan fingerprint density at radius 1 is 1.22 bits per heavy atom. The van der Waals surface area contributed by atoms with E-state index in [1.165, 1.54) is 51.6 Å². The molecule has 0 aromatic rings. The highest BCUT2D eigenvalue weighted by molar-refractivity contribution is 14.0. The van der Waals surface area contributed by atoms with E-state index in [0.717, 1.165) is 25.0 Å². The molecule has 6 heteroatoms. The molecule has 0 aromatic heterocycles. The minimum absolute atomic E-state index is 0. The SMILES string of the molecule is CCNC(=NCC1(N(C)C)CCCC(C)C1)NC1CCN(C(C)C)CC1.I. The van der Waals surface area contributed by atoms with E-state index in [1.807, 2.05) is 0 Å². The van der Waals surface area contributed by atoms with Crippen molar-refractivity contribution in [3.8, 4) is 0 Å². The zero-order chi connectivity index (χ0) is 19.2. The average Bonchev–Trinajstić information content (AvgIpc) is 2.60. The predicted octanol–water partition coefficient (Wildman–Crippen LogP) is 3.54. The van der Waals surface area contributed by atoms with Crippen LogP contribution < -0.4 is 10.6 Å². The Balaban J connectivity index is 0.00000364. The van der Waals surface area contributed by atoms with E-state index >= 15 is 0 Å². The average molecular weight is 494 g/mol. The molecule has 27 heavy (non-hydrogen) atoms. The maximum absolute atomic E-state index is 5.05. The number of hydrogen-bond acceptors (Lipinski definition) is 3. The molecule has 2 unspecified atom stereocenters. The number of piperidine rings is 1. The van der Waals surface area contributed by atoms with Crippen LogP contribution in [0.2, 0.25) is 0 Å². The number of likely N-dealkylation sites (tertiary alicyclic amines) is 1. The third kappa shape index (κ3) is 7.35. The monoisotopic (exact) mass is 493 g/mol. The number of aliphatic imine (C=N–C) groups is 1. The predicted molar refractivity (Wildman–Crippen MR) is 128 cm³/mol. The smallest absolute Gasteiger partial charge is 0.191 e. The maximum atomic E-state index is 5.05. The first kappa shape index (κ1) is 25.0. The zero-order valence-electron chi connectivity index (χ0n) is 18.6. The molecule has 1 aliphatic heterocycles. The van der Waals surface area contributed by atoms with E-state index in [1.54, 1.807) is 0 Å². The third-order valence-electron chi connectivity index (χ3n) is 6.49. The molecule has 0 bridgehead atoms. The molecular formula is C21H44IN5. The van der Waals surface area contributed by atoms with Crippen molar-refractivity contribution in [1.29, 1.82) is 0 Å². The summed E-state index contributed by atoms with van der Waals surface area (Å²) in [6, 6.07) is 1.20. The summed E-state index contributed by atoms with van der Waals surface area (Å²) in [5.74, 6) is 1.81. The zero-order valence-corrected chi connectivity index (χ0v) is 20.9. The summed E-state index contributed by atoms with van der Waals surface area (Å²) in [5.41, 5.74) is 0.223. The first-order chi connectivity index (χ1) is 12.4. The second-order valence-electron chi connectivity index (χ2n) is 9.06. The fourth-order valence-corrected chi connectivity index (χ4v) is 4.62. The first-order valence-electron chi connectivity index (χ1n) is 10.8. The summed E-state index contributed by atoms with van der Waals surface area (Å²) in [6.07, 6.45) is 7.63. The highest BCUT2D eigenvalue weighted by Gasteiger charge is 2.37. The summed E-state index contributed by atoms with van der Waals surface area (Å²) < 4.78 is 0. The van der Waals surface area contributed by atoms with Gasteiger partial charge in [0.1, 0.15) is 0 Å². The van der Waals surface area contributed by atoms with Crippen molar-refractivity contribution in [3.63, 3.8) is 0 Å². The van der Waals surface area contributed by atoms with Crippen LogP contribution in [0.4, 0.5) is 0 Å². The molecule has 2 atom stereocenters. The van der Waals surface area contributed by atoms with Gasteiger partial charge in [0, 0.05) is 37.3 Å². The lowest BCUT2D eigenvalue weighted by Gasteiger charge is -2.44. The maximum Gasteiger partial charge on any atom is 0.191 e. The quantitative estimate of drug-likeness (QED) is 0.338. The van der Waals surface area contributed by atoms with Crippen LogP contribution in [0.5, 0.6) is 0 Å². The molecular weight excluding hydrogens is 449 g/mol. The van der Waals surface area contributed by atoms with Gasteiger partial charge < -0.3 is 20.4 Å². The van der Waals surface area contributed by atoms with Crippen LogP contribution in [-0.4, -0.2) is 73.7 Å². The summed E-state index contributed by atoms with van der Waals surface area (Å²) in [5, 5.41) is 7.19. The Hall–Kier alpha value is -0.0800. The van der Waals surface area contributed by atoms with Gasteiger partial charge in [-0.25, -0.2) is 0 Å². The molecule has 0 aromatic carbocycles. The fourth-order valence-electron chi connectivity index (χ4n) is 4.62. The van der Waals surface area contributed by atoms with E-state index < -0.39 is 0 Å². The molecule has 1 saturated carbocycles. The Bertz CT molecular complexity index is 446. The van der Waals surface area contributed by atoms with E-state index in [9.17, 15) is 0 Å². The van der Waals surface area contributed by atoms with Crippen molar-refractivity contribution >= 4 is 29.9 Å². The summed E-state index contributed by atoms with van der Waals surface area (Å²) in [6.45, 7) is 13.3. The number of guanidine groups is 1. The number of halogens is 1. The Kier molecular flexibility index (Phi) is 10.9. The van der Waals surface area contributed by atoms with Crippen molar-refractivity contribution in [2.45, 2.75) is 83.8 Å². The Morgan fingerprint density at radius 3 is 2.41 bits per heavy atom. The number of rotatable bonds is 6. The minimum Gasteiger partial charge on any atom is -0.357 e. The normalized spacial score (nSPS) is 28.3. The van der Waals surface area contributed by atoms with Crippen LogP contribution in [0.1, 0.15) is 66.2 Å². The number of likely N-dealkylation sites (N-methyl/N-ethyl adjacent to an activating group) is 1. The molecule has 0 radical (unpaired) electrons. The summed E-state index contributed by atoms with van der Waals surface area (Å²) in [7, 11) is 4.46. The second-order valence-corrected chi connectivity index (χ2v) is 9.06. The number of nitrogens with one attached hydrogen (secondary N) is 2. The van der Waals surface area contributed by atoms with Gasteiger partial charge in [-0.3, -0.25) is 4.99 Å². The van der Waals surface area contributed by atoms with Gasteiger partial charge in [-0.15, -0.1) is 24.0 Å². The Labute approximate surface area is 185 Å². The molecule has 2 aliphatic rings. The van der Waals surface area contributed by atoms with Gasteiger partial charge in [-0.1, -0.05) is 19.8 Å². The van der Waals surface area contributed by atoms with Crippen molar-refractivity contribution in [1.82, 2.24) is 20.4 Å². The topological polar surface area (TPSA) is 42.9 Å². The van der Waals surface area contributed by atoms with Gasteiger partial charge in [-0.05, 0) is 66.5 Å².